The zero-order valence-corrected chi connectivity index (χ0v) is 10.6. The van der Waals surface area contributed by atoms with Crippen molar-refractivity contribution in [2.24, 2.45) is 0 Å². The lowest BCUT2D eigenvalue weighted by atomic mass is 10.2. The van der Waals surface area contributed by atoms with Crippen LogP contribution in [0.4, 0.5) is 0 Å². The molecule has 0 bridgehead atoms. The maximum absolute atomic E-state index is 5.50. The summed E-state index contributed by atoms with van der Waals surface area (Å²) in [4.78, 5) is 2.45. The number of nitrogens with zero attached hydrogens (tertiary/aromatic N) is 1. The highest BCUT2D eigenvalue weighted by Gasteiger charge is 2.16. The Labute approximate surface area is 97.0 Å². The van der Waals surface area contributed by atoms with Gasteiger partial charge in [-0.3, -0.25) is 4.90 Å². The van der Waals surface area contributed by atoms with Gasteiger partial charge in [0.2, 0.25) is 0 Å². The zero-order chi connectivity index (χ0) is 9.97. The van der Waals surface area contributed by atoms with Gasteiger partial charge in [0, 0.05) is 19.6 Å². The van der Waals surface area contributed by atoms with Crippen LogP contribution in [-0.2, 0) is 11.3 Å². The number of thiophene rings is 1. The first kappa shape index (κ1) is 10.6. The fourth-order valence-electron chi connectivity index (χ4n) is 1.72. The number of hydrogen-bond acceptors (Lipinski definition) is 3. The molecule has 1 aliphatic heterocycles. The summed E-state index contributed by atoms with van der Waals surface area (Å²) in [6.07, 6.45) is 0.380. The smallest absolute Gasteiger partial charge is 0.0701 e. The maximum atomic E-state index is 5.50. The molecular formula is C10H14BrNOS. The molecule has 0 radical (unpaired) electrons. The van der Waals surface area contributed by atoms with Crippen LogP contribution < -0.4 is 0 Å². The SMILES string of the molecule is CC1CN(Cc2csc(Br)c2)CCO1. The van der Waals surface area contributed by atoms with Crippen molar-refractivity contribution in [2.75, 3.05) is 19.7 Å². The molecule has 1 atom stereocenters. The molecule has 1 aromatic rings. The average molecular weight is 276 g/mol. The van der Waals surface area contributed by atoms with Crippen LogP contribution in [0.2, 0.25) is 0 Å². The van der Waals surface area contributed by atoms with Crippen molar-refractivity contribution >= 4 is 27.3 Å². The van der Waals surface area contributed by atoms with Gasteiger partial charge < -0.3 is 4.74 Å². The first-order valence-electron chi connectivity index (χ1n) is 4.81. The minimum Gasteiger partial charge on any atom is -0.376 e. The summed E-state index contributed by atoms with van der Waals surface area (Å²) in [6, 6.07) is 2.20. The van der Waals surface area contributed by atoms with Gasteiger partial charge in [-0.1, -0.05) is 0 Å². The topological polar surface area (TPSA) is 12.5 Å². The summed E-state index contributed by atoms with van der Waals surface area (Å²) in [7, 11) is 0. The molecule has 2 nitrogen and oxygen atoms in total. The van der Waals surface area contributed by atoms with E-state index in [1.807, 2.05) is 0 Å². The molecule has 0 aromatic carbocycles. The number of hydrogen-bond donors (Lipinski definition) is 0. The minimum atomic E-state index is 0.380. The van der Waals surface area contributed by atoms with Crippen molar-refractivity contribution in [2.45, 2.75) is 19.6 Å². The van der Waals surface area contributed by atoms with E-state index in [2.05, 4.69) is 39.2 Å². The Morgan fingerprint density at radius 2 is 2.57 bits per heavy atom. The van der Waals surface area contributed by atoms with Crippen molar-refractivity contribution in [1.82, 2.24) is 4.90 Å². The van der Waals surface area contributed by atoms with Gasteiger partial charge in [-0.05, 0) is 39.9 Å². The van der Waals surface area contributed by atoms with Crippen LogP contribution in [0.15, 0.2) is 15.2 Å². The summed E-state index contributed by atoms with van der Waals surface area (Å²) >= 11 is 5.24. The number of ether oxygens (including phenoxy) is 1. The predicted octanol–water partition coefficient (Wildman–Crippen LogP) is 2.73. The minimum absolute atomic E-state index is 0.380. The van der Waals surface area contributed by atoms with Gasteiger partial charge in [0.05, 0.1) is 16.5 Å². The van der Waals surface area contributed by atoms with Crippen LogP contribution in [0.3, 0.4) is 0 Å². The molecule has 4 heteroatoms. The lowest BCUT2D eigenvalue weighted by molar-refractivity contribution is -0.0211. The quantitative estimate of drug-likeness (QED) is 0.823. The third kappa shape index (κ3) is 2.79. The summed E-state index contributed by atoms with van der Waals surface area (Å²) in [6.45, 7) is 6.16. The Bertz CT molecular complexity index is 302. The van der Waals surface area contributed by atoms with E-state index in [1.165, 1.54) is 9.35 Å². The largest absolute Gasteiger partial charge is 0.376 e. The van der Waals surface area contributed by atoms with Gasteiger partial charge in [-0.25, -0.2) is 0 Å². The highest BCUT2D eigenvalue weighted by molar-refractivity contribution is 9.11. The van der Waals surface area contributed by atoms with E-state index < -0.39 is 0 Å². The fourth-order valence-corrected chi connectivity index (χ4v) is 2.92. The van der Waals surface area contributed by atoms with Crippen LogP contribution in [0.5, 0.6) is 0 Å². The predicted molar refractivity (Wildman–Crippen MR) is 62.7 cm³/mol. The molecule has 1 aliphatic rings. The molecule has 0 saturated carbocycles. The summed E-state index contributed by atoms with van der Waals surface area (Å²) < 4.78 is 6.72. The van der Waals surface area contributed by atoms with Gasteiger partial charge in [-0.2, -0.15) is 0 Å². The van der Waals surface area contributed by atoms with E-state index in [0.717, 1.165) is 26.2 Å². The molecule has 1 fully saturated rings. The van der Waals surface area contributed by atoms with Gasteiger partial charge in [0.25, 0.3) is 0 Å². The highest BCUT2D eigenvalue weighted by atomic mass is 79.9. The Balaban J connectivity index is 1.90. The van der Waals surface area contributed by atoms with Crippen LogP contribution in [0, 0.1) is 0 Å². The molecule has 1 aromatic heterocycles. The Morgan fingerprint density at radius 3 is 3.21 bits per heavy atom. The third-order valence-corrected chi connectivity index (χ3v) is 3.91. The van der Waals surface area contributed by atoms with Crippen molar-refractivity contribution in [1.29, 1.82) is 0 Å². The monoisotopic (exact) mass is 275 g/mol. The van der Waals surface area contributed by atoms with E-state index in [4.69, 9.17) is 4.74 Å². The standard InChI is InChI=1S/C10H14BrNOS/c1-8-5-12(2-3-13-8)6-9-4-10(11)14-7-9/h4,7-8H,2-3,5-6H2,1H3. The summed E-state index contributed by atoms with van der Waals surface area (Å²) in [5.74, 6) is 0. The first-order chi connectivity index (χ1) is 6.74. The third-order valence-electron chi connectivity index (χ3n) is 2.35. The summed E-state index contributed by atoms with van der Waals surface area (Å²) in [5, 5.41) is 2.21. The lowest BCUT2D eigenvalue weighted by Gasteiger charge is -2.30. The second-order valence-electron chi connectivity index (χ2n) is 3.68. The van der Waals surface area contributed by atoms with Crippen LogP contribution in [0.25, 0.3) is 0 Å². The van der Waals surface area contributed by atoms with Crippen molar-refractivity contribution in [3.05, 3.63) is 20.8 Å². The van der Waals surface area contributed by atoms with Crippen molar-refractivity contribution in [3.8, 4) is 0 Å². The van der Waals surface area contributed by atoms with Gasteiger partial charge in [0.15, 0.2) is 0 Å². The number of morpholine rings is 1. The molecule has 14 heavy (non-hydrogen) atoms. The van der Waals surface area contributed by atoms with E-state index in [0.29, 0.717) is 6.10 Å². The van der Waals surface area contributed by atoms with E-state index in [1.54, 1.807) is 11.3 Å². The Morgan fingerprint density at radius 1 is 1.71 bits per heavy atom. The Hall–Kier alpha value is 0.1000. The molecule has 2 rings (SSSR count). The van der Waals surface area contributed by atoms with E-state index in [-0.39, 0.29) is 0 Å². The van der Waals surface area contributed by atoms with Gasteiger partial charge >= 0.3 is 0 Å². The second-order valence-corrected chi connectivity index (χ2v) is 5.97. The van der Waals surface area contributed by atoms with Crippen LogP contribution >= 0.6 is 27.3 Å². The van der Waals surface area contributed by atoms with Crippen molar-refractivity contribution < 1.29 is 4.74 Å². The summed E-state index contributed by atoms with van der Waals surface area (Å²) in [5.41, 5.74) is 1.40. The molecule has 0 spiro atoms. The first-order valence-corrected chi connectivity index (χ1v) is 6.48. The maximum Gasteiger partial charge on any atom is 0.0701 e. The lowest BCUT2D eigenvalue weighted by Crippen LogP contribution is -2.40. The molecule has 78 valence electrons. The fraction of sp³-hybridized carbons (Fsp3) is 0.600. The number of halogens is 1. The molecule has 1 saturated heterocycles. The molecule has 0 amide bonds. The van der Waals surface area contributed by atoms with E-state index >= 15 is 0 Å². The molecular weight excluding hydrogens is 262 g/mol. The average Bonchev–Trinajstić information content (AvgIpc) is 2.51. The van der Waals surface area contributed by atoms with Gasteiger partial charge in [-0.15, -0.1) is 11.3 Å². The molecule has 2 heterocycles. The van der Waals surface area contributed by atoms with E-state index in [9.17, 15) is 0 Å². The molecule has 0 aliphatic carbocycles. The Kier molecular flexibility index (Phi) is 3.60. The number of rotatable bonds is 2. The second kappa shape index (κ2) is 4.75. The van der Waals surface area contributed by atoms with Gasteiger partial charge in [0.1, 0.15) is 0 Å². The molecule has 0 N–H and O–H groups in total. The normalized spacial score (nSPS) is 24.0. The zero-order valence-electron chi connectivity index (χ0n) is 8.20. The van der Waals surface area contributed by atoms with Crippen LogP contribution in [-0.4, -0.2) is 30.7 Å². The van der Waals surface area contributed by atoms with Crippen LogP contribution in [0.1, 0.15) is 12.5 Å². The van der Waals surface area contributed by atoms with Crippen molar-refractivity contribution in [3.63, 3.8) is 0 Å². The molecule has 1 unspecified atom stereocenters. The highest BCUT2D eigenvalue weighted by Crippen LogP contribution is 2.22.